The van der Waals surface area contributed by atoms with Crippen LogP contribution in [0.5, 0.6) is 0 Å². The first kappa shape index (κ1) is 21.9. The molecule has 1 saturated heterocycles. The summed E-state index contributed by atoms with van der Waals surface area (Å²) in [6.07, 6.45) is 0. The predicted octanol–water partition coefficient (Wildman–Crippen LogP) is 2.40. The fourth-order valence-electron chi connectivity index (χ4n) is 3.23. The number of rotatable bonds is 5. The number of nitro groups is 1. The van der Waals surface area contributed by atoms with Gasteiger partial charge < -0.3 is 10.2 Å². The van der Waals surface area contributed by atoms with E-state index in [2.05, 4.69) is 10.2 Å². The van der Waals surface area contributed by atoms with Gasteiger partial charge in [0, 0.05) is 43.9 Å². The Morgan fingerprint density at radius 3 is 2.30 bits per heavy atom. The van der Waals surface area contributed by atoms with Gasteiger partial charge >= 0.3 is 0 Å². The Balaban J connectivity index is 1.89. The van der Waals surface area contributed by atoms with Crippen molar-refractivity contribution in [3.8, 4) is 0 Å². The molecule has 0 saturated carbocycles. The van der Waals surface area contributed by atoms with Crippen molar-refractivity contribution in [2.75, 3.05) is 38.5 Å². The van der Waals surface area contributed by atoms with E-state index in [9.17, 15) is 23.3 Å². The Hall–Kier alpha value is -2.82. The molecule has 160 valence electrons. The van der Waals surface area contributed by atoms with Gasteiger partial charge in [-0.2, -0.15) is 4.31 Å². The van der Waals surface area contributed by atoms with E-state index in [1.54, 1.807) is 26.0 Å². The molecule has 3 rings (SSSR count). The number of aryl methyl sites for hydroxylation is 2. The highest BCUT2D eigenvalue weighted by Gasteiger charge is 2.28. The summed E-state index contributed by atoms with van der Waals surface area (Å²) in [6.45, 7) is 5.50. The maximum Gasteiger partial charge on any atom is 0.271 e. The monoisotopic (exact) mass is 432 g/mol. The fraction of sp³-hybridized carbons (Fsp3) is 0.350. The van der Waals surface area contributed by atoms with Gasteiger partial charge in [0.2, 0.25) is 10.0 Å². The third kappa shape index (κ3) is 4.50. The number of likely N-dealkylation sites (N-methyl/N-ethyl adjacent to an activating group) is 1. The molecule has 0 atom stereocenters. The molecule has 9 nitrogen and oxygen atoms in total. The van der Waals surface area contributed by atoms with Crippen LogP contribution in [-0.2, 0) is 10.0 Å². The van der Waals surface area contributed by atoms with Crippen molar-refractivity contribution in [3.05, 3.63) is 63.2 Å². The number of carbonyl (C=O) groups is 1. The van der Waals surface area contributed by atoms with Gasteiger partial charge in [-0.25, -0.2) is 8.42 Å². The number of piperazine rings is 1. The van der Waals surface area contributed by atoms with Crippen molar-refractivity contribution >= 4 is 27.3 Å². The first-order valence-electron chi connectivity index (χ1n) is 9.45. The van der Waals surface area contributed by atoms with Gasteiger partial charge in [-0.15, -0.1) is 0 Å². The van der Waals surface area contributed by atoms with Gasteiger partial charge in [-0.3, -0.25) is 14.9 Å². The molecule has 10 heteroatoms. The van der Waals surface area contributed by atoms with E-state index in [-0.39, 0.29) is 16.1 Å². The Morgan fingerprint density at radius 2 is 1.67 bits per heavy atom. The van der Waals surface area contributed by atoms with Crippen molar-refractivity contribution in [1.82, 2.24) is 9.21 Å². The van der Waals surface area contributed by atoms with Crippen molar-refractivity contribution < 1.29 is 18.1 Å². The number of nitro benzene ring substituents is 1. The molecule has 1 fully saturated rings. The molecule has 0 aromatic heterocycles. The quantitative estimate of drug-likeness (QED) is 0.573. The first-order valence-corrected chi connectivity index (χ1v) is 10.9. The van der Waals surface area contributed by atoms with E-state index in [1.165, 1.54) is 28.6 Å². The van der Waals surface area contributed by atoms with E-state index < -0.39 is 20.9 Å². The summed E-state index contributed by atoms with van der Waals surface area (Å²) >= 11 is 0. The summed E-state index contributed by atoms with van der Waals surface area (Å²) < 4.78 is 27.4. The molecule has 0 bridgehead atoms. The van der Waals surface area contributed by atoms with Crippen LogP contribution in [0, 0.1) is 24.0 Å². The number of anilines is 1. The maximum atomic E-state index is 13.0. The van der Waals surface area contributed by atoms with Gasteiger partial charge in [-0.1, -0.05) is 12.1 Å². The lowest BCUT2D eigenvalue weighted by atomic mass is 10.1. The highest BCUT2D eigenvalue weighted by molar-refractivity contribution is 7.89. The second-order valence-electron chi connectivity index (χ2n) is 7.39. The number of sulfonamides is 1. The van der Waals surface area contributed by atoms with Crippen molar-refractivity contribution in [2.45, 2.75) is 18.7 Å². The number of nitrogens with zero attached hydrogens (tertiary/aromatic N) is 3. The number of non-ortho nitro benzene ring substituents is 1. The third-order valence-electron chi connectivity index (χ3n) is 5.23. The summed E-state index contributed by atoms with van der Waals surface area (Å²) in [5.41, 5.74) is 1.64. The summed E-state index contributed by atoms with van der Waals surface area (Å²) in [5.74, 6) is -0.522. The second-order valence-corrected chi connectivity index (χ2v) is 9.33. The minimum atomic E-state index is -3.72. The Bertz CT molecular complexity index is 1090. The minimum absolute atomic E-state index is 0.0542. The second kappa shape index (κ2) is 8.50. The largest absolute Gasteiger partial charge is 0.321 e. The van der Waals surface area contributed by atoms with E-state index in [1.807, 2.05) is 7.05 Å². The van der Waals surface area contributed by atoms with Crippen LogP contribution in [0.3, 0.4) is 0 Å². The maximum absolute atomic E-state index is 13.0. The first-order chi connectivity index (χ1) is 14.1. The van der Waals surface area contributed by atoms with Crippen LogP contribution in [0.1, 0.15) is 21.5 Å². The SMILES string of the molecule is Cc1ccc([N+](=O)[O-])cc1NC(=O)c1cc(S(=O)(=O)N2CCN(C)CC2)ccc1C. The summed E-state index contributed by atoms with van der Waals surface area (Å²) in [7, 11) is -1.78. The van der Waals surface area contributed by atoms with E-state index in [0.717, 1.165) is 0 Å². The van der Waals surface area contributed by atoms with E-state index in [4.69, 9.17) is 0 Å². The normalized spacial score (nSPS) is 15.7. The van der Waals surface area contributed by atoms with Crippen LogP contribution in [0.2, 0.25) is 0 Å². The van der Waals surface area contributed by atoms with Crippen LogP contribution in [0.25, 0.3) is 0 Å². The number of carbonyl (C=O) groups excluding carboxylic acids is 1. The summed E-state index contributed by atoms with van der Waals surface area (Å²) in [4.78, 5) is 25.5. The molecular weight excluding hydrogens is 408 g/mol. The highest BCUT2D eigenvalue weighted by Crippen LogP contribution is 2.25. The molecular formula is C20H24N4O5S. The molecule has 1 heterocycles. The number of hydrogen-bond acceptors (Lipinski definition) is 6. The molecule has 30 heavy (non-hydrogen) atoms. The Morgan fingerprint density at radius 1 is 1.03 bits per heavy atom. The molecule has 1 aliphatic rings. The average Bonchev–Trinajstić information content (AvgIpc) is 2.69. The third-order valence-corrected chi connectivity index (χ3v) is 7.13. The number of benzene rings is 2. The smallest absolute Gasteiger partial charge is 0.271 e. The zero-order valence-corrected chi connectivity index (χ0v) is 17.9. The van der Waals surface area contributed by atoms with E-state index >= 15 is 0 Å². The Kier molecular flexibility index (Phi) is 6.20. The minimum Gasteiger partial charge on any atom is -0.321 e. The summed E-state index contributed by atoms with van der Waals surface area (Å²) in [5, 5.41) is 13.7. The fourth-order valence-corrected chi connectivity index (χ4v) is 4.68. The van der Waals surface area contributed by atoms with Crippen LogP contribution >= 0.6 is 0 Å². The topological polar surface area (TPSA) is 113 Å². The van der Waals surface area contributed by atoms with Gasteiger partial charge in [-0.05, 0) is 44.2 Å². The molecule has 0 aliphatic carbocycles. The van der Waals surface area contributed by atoms with Gasteiger partial charge in [0.25, 0.3) is 11.6 Å². The van der Waals surface area contributed by atoms with Gasteiger partial charge in [0.15, 0.2) is 0 Å². The predicted molar refractivity (Wildman–Crippen MR) is 113 cm³/mol. The standard InChI is InChI=1S/C20H24N4O5S/c1-14-5-7-17(30(28,29)23-10-8-22(3)9-11-23)13-18(14)20(25)21-19-12-16(24(26)27)6-4-15(19)2/h4-7,12-13H,8-11H2,1-3H3,(H,21,25). The van der Waals surface area contributed by atoms with Gasteiger partial charge in [0.1, 0.15) is 0 Å². The highest BCUT2D eigenvalue weighted by atomic mass is 32.2. The molecule has 0 spiro atoms. The van der Waals surface area contributed by atoms with Crippen molar-refractivity contribution in [2.24, 2.45) is 0 Å². The van der Waals surface area contributed by atoms with Crippen LogP contribution in [0.15, 0.2) is 41.3 Å². The number of nitrogens with one attached hydrogen (secondary N) is 1. The van der Waals surface area contributed by atoms with Crippen LogP contribution in [0.4, 0.5) is 11.4 Å². The zero-order chi connectivity index (χ0) is 22.1. The lowest BCUT2D eigenvalue weighted by molar-refractivity contribution is -0.384. The molecule has 1 amide bonds. The molecule has 2 aromatic carbocycles. The van der Waals surface area contributed by atoms with Crippen LogP contribution in [-0.4, -0.2) is 61.7 Å². The average molecular weight is 433 g/mol. The Labute approximate surface area is 175 Å². The van der Waals surface area contributed by atoms with E-state index in [0.29, 0.717) is 43.0 Å². The lowest BCUT2D eigenvalue weighted by Gasteiger charge is -2.31. The number of hydrogen-bond donors (Lipinski definition) is 1. The summed E-state index contributed by atoms with van der Waals surface area (Å²) in [6, 6.07) is 8.66. The zero-order valence-electron chi connectivity index (χ0n) is 17.1. The van der Waals surface area contributed by atoms with Crippen molar-refractivity contribution in [1.29, 1.82) is 0 Å². The molecule has 2 aromatic rings. The van der Waals surface area contributed by atoms with Crippen molar-refractivity contribution in [3.63, 3.8) is 0 Å². The molecule has 0 unspecified atom stereocenters. The van der Waals surface area contributed by atoms with Crippen LogP contribution < -0.4 is 5.32 Å². The lowest BCUT2D eigenvalue weighted by Crippen LogP contribution is -2.47. The molecule has 0 radical (unpaired) electrons. The van der Waals surface area contributed by atoms with Gasteiger partial charge in [0.05, 0.1) is 15.5 Å². The number of amides is 1. The molecule has 1 aliphatic heterocycles. The molecule has 1 N–H and O–H groups in total.